The van der Waals surface area contributed by atoms with Crippen molar-refractivity contribution in [3.63, 3.8) is 0 Å². The highest BCUT2D eigenvalue weighted by Gasteiger charge is 2.33. The summed E-state index contributed by atoms with van der Waals surface area (Å²) in [6.45, 7) is 7.25. The zero-order chi connectivity index (χ0) is 14.8. The summed E-state index contributed by atoms with van der Waals surface area (Å²) in [6, 6.07) is 7.70. The van der Waals surface area contributed by atoms with Crippen LogP contribution in [-0.4, -0.2) is 30.3 Å². The van der Waals surface area contributed by atoms with E-state index in [4.69, 9.17) is 11.6 Å². The first kappa shape index (κ1) is 15.2. The quantitative estimate of drug-likeness (QED) is 0.515. The lowest BCUT2D eigenvalue weighted by Gasteiger charge is -2.21. The van der Waals surface area contributed by atoms with Crippen molar-refractivity contribution in [1.82, 2.24) is 9.73 Å². The molecule has 1 heterocycles. The average Bonchev–Trinajstić information content (AvgIpc) is 2.64. The molecule has 1 aromatic rings. The van der Waals surface area contributed by atoms with Gasteiger partial charge in [0.1, 0.15) is 0 Å². The van der Waals surface area contributed by atoms with Gasteiger partial charge in [0.2, 0.25) is 5.96 Å². The summed E-state index contributed by atoms with van der Waals surface area (Å²) >= 11 is 7.45. The fraction of sp³-hybridized carbons (Fsp3) is 0.429. The molecule has 1 aliphatic heterocycles. The first-order valence-corrected chi connectivity index (χ1v) is 7.60. The van der Waals surface area contributed by atoms with Crippen LogP contribution in [-0.2, 0) is 0 Å². The molecule has 0 amide bonds. The van der Waals surface area contributed by atoms with E-state index >= 15 is 0 Å². The summed E-state index contributed by atoms with van der Waals surface area (Å²) in [5, 5.41) is 7.19. The Morgan fingerprint density at radius 2 is 2.25 bits per heavy atom. The van der Waals surface area contributed by atoms with Crippen LogP contribution in [0, 0.1) is 5.41 Å². The molecule has 0 saturated carbocycles. The molecule has 0 aliphatic carbocycles. The van der Waals surface area contributed by atoms with Crippen LogP contribution in [0.1, 0.15) is 20.8 Å². The Hall–Kier alpha value is -1.20. The molecule has 20 heavy (non-hydrogen) atoms. The third-order valence-electron chi connectivity index (χ3n) is 3.31. The highest BCUT2D eigenvalue weighted by Crippen LogP contribution is 2.27. The number of rotatable bonds is 2. The molecule has 1 aliphatic rings. The molecule has 6 heteroatoms. The van der Waals surface area contributed by atoms with Crippen LogP contribution in [0.15, 0.2) is 39.3 Å². The fourth-order valence-electron chi connectivity index (χ4n) is 1.81. The van der Waals surface area contributed by atoms with Crippen molar-refractivity contribution < 1.29 is 0 Å². The van der Waals surface area contributed by atoms with Gasteiger partial charge in [0.05, 0.1) is 6.54 Å². The molecule has 0 fully saturated rings. The van der Waals surface area contributed by atoms with E-state index in [9.17, 15) is 0 Å². The van der Waals surface area contributed by atoms with Crippen molar-refractivity contribution in [2.45, 2.75) is 25.7 Å². The summed E-state index contributed by atoms with van der Waals surface area (Å²) in [4.78, 5) is 5.32. The van der Waals surface area contributed by atoms with Gasteiger partial charge in [-0.25, -0.2) is 5.01 Å². The van der Waals surface area contributed by atoms with Gasteiger partial charge >= 0.3 is 0 Å². The molecule has 0 bridgehead atoms. The van der Waals surface area contributed by atoms with Gasteiger partial charge in [0.25, 0.3) is 0 Å². The molecule has 0 saturated heterocycles. The van der Waals surface area contributed by atoms with Crippen LogP contribution in [0.5, 0.6) is 0 Å². The Morgan fingerprint density at radius 3 is 2.80 bits per heavy atom. The number of benzene rings is 1. The summed E-state index contributed by atoms with van der Waals surface area (Å²) < 4.78 is 3.24. The number of aliphatic imine (C=N–C) groups is 1. The van der Waals surface area contributed by atoms with Crippen LogP contribution in [0.25, 0.3) is 0 Å². The smallest absolute Gasteiger partial charge is 0.225 e. The van der Waals surface area contributed by atoms with E-state index in [1.54, 1.807) is 7.05 Å². The topological polar surface area (TPSA) is 40.0 Å². The highest BCUT2D eigenvalue weighted by atomic mass is 35.5. The third-order valence-corrected chi connectivity index (χ3v) is 4.32. The fourth-order valence-corrected chi connectivity index (χ4v) is 2.80. The number of hydrazone groups is 1. The minimum Gasteiger partial charge on any atom is -0.295 e. The predicted octanol–water partition coefficient (Wildman–Crippen LogP) is 3.64. The first-order valence-electron chi connectivity index (χ1n) is 6.41. The number of nitrogens with zero attached hydrogens (tertiary/aromatic N) is 3. The monoisotopic (exact) mass is 310 g/mol. The maximum atomic E-state index is 5.97. The van der Waals surface area contributed by atoms with Crippen LogP contribution >= 0.6 is 23.5 Å². The van der Waals surface area contributed by atoms with Gasteiger partial charge in [-0.3, -0.25) is 9.71 Å². The summed E-state index contributed by atoms with van der Waals surface area (Å²) in [6.07, 6.45) is 0. The Labute approximate surface area is 129 Å². The zero-order valence-electron chi connectivity index (χ0n) is 12.1. The van der Waals surface area contributed by atoms with Crippen molar-refractivity contribution in [1.29, 1.82) is 0 Å². The molecule has 0 aromatic heterocycles. The van der Waals surface area contributed by atoms with Crippen molar-refractivity contribution >= 4 is 35.2 Å². The van der Waals surface area contributed by atoms with Gasteiger partial charge in [-0.2, -0.15) is 5.10 Å². The maximum absolute atomic E-state index is 5.97. The lowest BCUT2D eigenvalue weighted by Crippen LogP contribution is -2.36. The minimum absolute atomic E-state index is 0.0817. The number of nitrogens with one attached hydrogen (secondary N) is 1. The van der Waals surface area contributed by atoms with E-state index < -0.39 is 0 Å². The van der Waals surface area contributed by atoms with E-state index in [2.05, 4.69) is 35.6 Å². The molecule has 4 nitrogen and oxygen atoms in total. The van der Waals surface area contributed by atoms with E-state index in [-0.39, 0.29) is 5.41 Å². The lowest BCUT2D eigenvalue weighted by atomic mass is 9.89. The van der Waals surface area contributed by atoms with Gasteiger partial charge in [0.15, 0.2) is 0 Å². The summed E-state index contributed by atoms with van der Waals surface area (Å²) in [7, 11) is 1.76. The Balaban J connectivity index is 2.01. The van der Waals surface area contributed by atoms with E-state index in [1.807, 2.05) is 29.3 Å². The lowest BCUT2D eigenvalue weighted by molar-refractivity contribution is 0.379. The summed E-state index contributed by atoms with van der Waals surface area (Å²) in [5.74, 6) is 0.750. The van der Waals surface area contributed by atoms with Gasteiger partial charge in [-0.15, -0.1) is 0 Å². The SMILES string of the molecule is CN=C(NSc1cccc(Cl)c1)N1CC(C)(C)C(C)=N1. The number of halogens is 1. The van der Waals surface area contributed by atoms with Gasteiger partial charge in [0, 0.05) is 28.1 Å². The second kappa shape index (κ2) is 6.06. The maximum Gasteiger partial charge on any atom is 0.225 e. The number of hydrogen-bond donors (Lipinski definition) is 1. The van der Waals surface area contributed by atoms with Gasteiger partial charge < -0.3 is 0 Å². The standard InChI is InChI=1S/C14H19ClN4S/c1-10-14(2,3)9-19(17-10)13(16-4)18-20-12-7-5-6-11(15)8-12/h5-8H,9H2,1-4H3,(H,16,18). The van der Waals surface area contributed by atoms with Crippen molar-refractivity contribution in [3.8, 4) is 0 Å². The number of hydrogen-bond acceptors (Lipinski definition) is 3. The first-order chi connectivity index (χ1) is 9.42. The molecule has 108 valence electrons. The van der Waals surface area contributed by atoms with E-state index in [0.717, 1.165) is 28.1 Å². The summed E-state index contributed by atoms with van der Waals surface area (Å²) in [5.41, 5.74) is 1.20. The third kappa shape index (κ3) is 3.46. The molecule has 1 aromatic carbocycles. The Bertz CT molecular complexity index is 554. The van der Waals surface area contributed by atoms with Crippen LogP contribution in [0.2, 0.25) is 5.02 Å². The normalized spacial score (nSPS) is 18.1. The molecule has 2 rings (SSSR count). The van der Waals surface area contributed by atoms with Crippen molar-refractivity contribution in [3.05, 3.63) is 29.3 Å². The van der Waals surface area contributed by atoms with Crippen LogP contribution in [0.3, 0.4) is 0 Å². The average molecular weight is 311 g/mol. The zero-order valence-corrected chi connectivity index (χ0v) is 13.7. The molecule has 0 spiro atoms. The molecular formula is C14H19ClN4S. The van der Waals surface area contributed by atoms with E-state index in [1.165, 1.54) is 11.9 Å². The molecule has 0 unspecified atom stereocenters. The largest absolute Gasteiger partial charge is 0.295 e. The highest BCUT2D eigenvalue weighted by molar-refractivity contribution is 7.98. The molecular weight excluding hydrogens is 292 g/mol. The van der Waals surface area contributed by atoms with Crippen LogP contribution in [0.4, 0.5) is 0 Å². The molecule has 1 N–H and O–H groups in total. The van der Waals surface area contributed by atoms with Crippen molar-refractivity contribution in [2.24, 2.45) is 15.5 Å². The Morgan fingerprint density at radius 1 is 1.50 bits per heavy atom. The second-order valence-electron chi connectivity index (χ2n) is 5.34. The van der Waals surface area contributed by atoms with Gasteiger partial charge in [-0.05, 0) is 37.1 Å². The number of guanidine groups is 1. The van der Waals surface area contributed by atoms with Crippen LogP contribution < -0.4 is 4.72 Å². The van der Waals surface area contributed by atoms with Gasteiger partial charge in [-0.1, -0.05) is 31.5 Å². The van der Waals surface area contributed by atoms with E-state index in [0.29, 0.717) is 0 Å². The second-order valence-corrected chi connectivity index (χ2v) is 6.65. The predicted molar refractivity (Wildman–Crippen MR) is 87.4 cm³/mol. The Kier molecular flexibility index (Phi) is 4.60. The molecule has 0 atom stereocenters. The van der Waals surface area contributed by atoms with Crippen molar-refractivity contribution in [2.75, 3.05) is 13.6 Å². The minimum atomic E-state index is 0.0817. The molecule has 0 radical (unpaired) electrons.